The van der Waals surface area contributed by atoms with E-state index in [1.807, 2.05) is 0 Å². The Kier molecular flexibility index (Phi) is 7.29. The van der Waals surface area contributed by atoms with Crippen LogP contribution in [0.2, 0.25) is 5.02 Å². The average molecular weight is 273 g/mol. The molecule has 0 aliphatic rings. The molecule has 0 aliphatic carbocycles. The first kappa shape index (κ1) is 15.5. The molecule has 0 saturated carbocycles. The van der Waals surface area contributed by atoms with Gasteiger partial charge in [0.25, 0.3) is 0 Å². The van der Waals surface area contributed by atoms with Crippen molar-refractivity contribution in [3.63, 3.8) is 0 Å². The van der Waals surface area contributed by atoms with Crippen LogP contribution in [0.25, 0.3) is 0 Å². The fourth-order valence-electron chi connectivity index (χ4n) is 2.04. The Balaban J connectivity index is 2.31. The standard InChI is InChI=1S/C15H22ClFO/c1-2-3-4-5-6-7-8-15(18)13-11-12(16)9-10-14(13)17/h9-11,15,18H,2-8H2,1H3. The number of aliphatic hydroxyl groups is 1. The van der Waals surface area contributed by atoms with Gasteiger partial charge in [-0.2, -0.15) is 0 Å². The second kappa shape index (κ2) is 8.49. The largest absolute Gasteiger partial charge is 0.388 e. The predicted molar refractivity (Wildman–Crippen MR) is 74.4 cm³/mol. The molecular weight excluding hydrogens is 251 g/mol. The first-order valence-corrected chi connectivity index (χ1v) is 7.16. The summed E-state index contributed by atoms with van der Waals surface area (Å²) in [5, 5.41) is 10.4. The SMILES string of the molecule is CCCCCCCCC(O)c1cc(Cl)ccc1F. The molecule has 102 valence electrons. The molecule has 0 aliphatic heterocycles. The van der Waals surface area contributed by atoms with Gasteiger partial charge in [0.2, 0.25) is 0 Å². The van der Waals surface area contributed by atoms with Gasteiger partial charge in [0.1, 0.15) is 5.82 Å². The lowest BCUT2D eigenvalue weighted by atomic mass is 10.0. The van der Waals surface area contributed by atoms with Crippen LogP contribution in [0.4, 0.5) is 4.39 Å². The number of rotatable bonds is 8. The summed E-state index contributed by atoms with van der Waals surface area (Å²) < 4.78 is 13.5. The Morgan fingerprint density at radius 2 is 1.83 bits per heavy atom. The van der Waals surface area contributed by atoms with Crippen LogP contribution in [0, 0.1) is 5.82 Å². The normalized spacial score (nSPS) is 12.7. The molecule has 1 nitrogen and oxygen atoms in total. The smallest absolute Gasteiger partial charge is 0.129 e. The Labute approximate surface area is 114 Å². The van der Waals surface area contributed by atoms with Gasteiger partial charge in [-0.3, -0.25) is 0 Å². The molecule has 1 N–H and O–H groups in total. The van der Waals surface area contributed by atoms with Gasteiger partial charge < -0.3 is 5.11 Å². The zero-order chi connectivity index (χ0) is 13.4. The van der Waals surface area contributed by atoms with E-state index in [0.29, 0.717) is 17.0 Å². The maximum atomic E-state index is 13.5. The molecule has 1 unspecified atom stereocenters. The Morgan fingerprint density at radius 1 is 1.17 bits per heavy atom. The highest BCUT2D eigenvalue weighted by atomic mass is 35.5. The maximum Gasteiger partial charge on any atom is 0.129 e. The van der Waals surface area contributed by atoms with Crippen molar-refractivity contribution in [3.8, 4) is 0 Å². The second-order valence-electron chi connectivity index (χ2n) is 4.74. The van der Waals surface area contributed by atoms with E-state index in [1.165, 1.54) is 43.9 Å². The second-order valence-corrected chi connectivity index (χ2v) is 5.17. The molecule has 3 heteroatoms. The van der Waals surface area contributed by atoms with Crippen LogP contribution < -0.4 is 0 Å². The maximum absolute atomic E-state index is 13.5. The molecular formula is C15H22ClFO. The summed E-state index contributed by atoms with van der Waals surface area (Å²) >= 11 is 5.80. The highest BCUT2D eigenvalue weighted by Crippen LogP contribution is 2.25. The predicted octanol–water partition coefficient (Wildman–Crippen LogP) is 5.26. The van der Waals surface area contributed by atoms with Crippen molar-refractivity contribution in [2.75, 3.05) is 0 Å². The van der Waals surface area contributed by atoms with Crippen LogP contribution in [0.5, 0.6) is 0 Å². The van der Waals surface area contributed by atoms with Crippen molar-refractivity contribution < 1.29 is 9.50 Å². The minimum atomic E-state index is -0.741. The number of aliphatic hydroxyl groups excluding tert-OH is 1. The number of benzene rings is 1. The van der Waals surface area contributed by atoms with E-state index in [0.717, 1.165) is 12.8 Å². The van der Waals surface area contributed by atoms with Crippen LogP contribution in [0.1, 0.15) is 63.5 Å². The van der Waals surface area contributed by atoms with E-state index in [-0.39, 0.29) is 5.82 Å². The van der Waals surface area contributed by atoms with Crippen LogP contribution in [0.15, 0.2) is 18.2 Å². The Bertz CT molecular complexity index is 354. The zero-order valence-corrected chi connectivity index (χ0v) is 11.7. The number of unbranched alkanes of at least 4 members (excludes halogenated alkanes) is 5. The number of hydrogen-bond acceptors (Lipinski definition) is 1. The third-order valence-electron chi connectivity index (χ3n) is 3.15. The van der Waals surface area contributed by atoms with E-state index >= 15 is 0 Å². The van der Waals surface area contributed by atoms with E-state index in [9.17, 15) is 9.50 Å². The summed E-state index contributed by atoms with van der Waals surface area (Å²) in [4.78, 5) is 0. The molecule has 1 rings (SSSR count). The van der Waals surface area contributed by atoms with E-state index < -0.39 is 6.10 Å². The summed E-state index contributed by atoms with van der Waals surface area (Å²) in [5.41, 5.74) is 0.316. The summed E-state index contributed by atoms with van der Waals surface area (Å²) in [6, 6.07) is 4.32. The third kappa shape index (κ3) is 5.36. The molecule has 1 aromatic carbocycles. The molecule has 0 aromatic heterocycles. The number of halogens is 2. The van der Waals surface area contributed by atoms with Gasteiger partial charge in [-0.1, -0.05) is 57.0 Å². The fourth-order valence-corrected chi connectivity index (χ4v) is 2.22. The van der Waals surface area contributed by atoms with Gasteiger partial charge in [-0.15, -0.1) is 0 Å². The van der Waals surface area contributed by atoms with E-state index in [2.05, 4.69) is 6.92 Å². The quantitative estimate of drug-likeness (QED) is 0.640. The Hall–Kier alpha value is -0.600. The van der Waals surface area contributed by atoms with Crippen molar-refractivity contribution in [3.05, 3.63) is 34.6 Å². The minimum absolute atomic E-state index is 0.316. The zero-order valence-electron chi connectivity index (χ0n) is 11.0. The molecule has 0 amide bonds. The molecule has 0 spiro atoms. The molecule has 0 heterocycles. The molecule has 0 fully saturated rings. The van der Waals surface area contributed by atoms with Crippen LogP contribution >= 0.6 is 11.6 Å². The topological polar surface area (TPSA) is 20.2 Å². The summed E-state index contributed by atoms with van der Waals surface area (Å²) in [5.74, 6) is -0.377. The van der Waals surface area contributed by atoms with Crippen molar-refractivity contribution in [2.45, 2.75) is 58.0 Å². The van der Waals surface area contributed by atoms with Crippen LogP contribution in [-0.2, 0) is 0 Å². The number of hydrogen-bond donors (Lipinski definition) is 1. The molecule has 0 saturated heterocycles. The minimum Gasteiger partial charge on any atom is -0.388 e. The highest BCUT2D eigenvalue weighted by molar-refractivity contribution is 6.30. The van der Waals surface area contributed by atoms with Gasteiger partial charge >= 0.3 is 0 Å². The van der Waals surface area contributed by atoms with Crippen molar-refractivity contribution >= 4 is 11.6 Å². The summed E-state index contributed by atoms with van der Waals surface area (Å²) in [6.07, 6.45) is 6.83. The van der Waals surface area contributed by atoms with Crippen molar-refractivity contribution in [2.24, 2.45) is 0 Å². The lowest BCUT2D eigenvalue weighted by Crippen LogP contribution is -2.00. The third-order valence-corrected chi connectivity index (χ3v) is 3.38. The lowest BCUT2D eigenvalue weighted by molar-refractivity contribution is 0.159. The van der Waals surface area contributed by atoms with E-state index in [1.54, 1.807) is 0 Å². The van der Waals surface area contributed by atoms with Crippen LogP contribution in [0.3, 0.4) is 0 Å². The van der Waals surface area contributed by atoms with Gasteiger partial charge in [0.05, 0.1) is 6.10 Å². The van der Waals surface area contributed by atoms with E-state index in [4.69, 9.17) is 11.6 Å². The summed E-state index contributed by atoms with van der Waals surface area (Å²) in [7, 11) is 0. The van der Waals surface area contributed by atoms with Crippen molar-refractivity contribution in [1.29, 1.82) is 0 Å². The first-order valence-electron chi connectivity index (χ1n) is 6.78. The molecule has 0 bridgehead atoms. The molecule has 1 aromatic rings. The van der Waals surface area contributed by atoms with Gasteiger partial charge in [-0.05, 0) is 24.6 Å². The van der Waals surface area contributed by atoms with Gasteiger partial charge in [-0.25, -0.2) is 4.39 Å². The fraction of sp³-hybridized carbons (Fsp3) is 0.600. The van der Waals surface area contributed by atoms with Crippen LogP contribution in [-0.4, -0.2) is 5.11 Å². The average Bonchev–Trinajstić information content (AvgIpc) is 2.36. The molecule has 18 heavy (non-hydrogen) atoms. The van der Waals surface area contributed by atoms with Gasteiger partial charge in [0, 0.05) is 10.6 Å². The summed E-state index contributed by atoms with van der Waals surface area (Å²) in [6.45, 7) is 2.19. The van der Waals surface area contributed by atoms with Crippen molar-refractivity contribution in [1.82, 2.24) is 0 Å². The monoisotopic (exact) mass is 272 g/mol. The Morgan fingerprint density at radius 3 is 2.56 bits per heavy atom. The first-order chi connectivity index (χ1) is 8.65. The highest BCUT2D eigenvalue weighted by Gasteiger charge is 2.12. The molecule has 0 radical (unpaired) electrons. The van der Waals surface area contributed by atoms with Gasteiger partial charge in [0.15, 0.2) is 0 Å². The molecule has 1 atom stereocenters. The lowest BCUT2D eigenvalue weighted by Gasteiger charge is -2.12.